The van der Waals surface area contributed by atoms with E-state index >= 15 is 0 Å². The van der Waals surface area contributed by atoms with Crippen LogP contribution in [0.3, 0.4) is 0 Å². The fourth-order valence-corrected chi connectivity index (χ4v) is 8.57. The summed E-state index contributed by atoms with van der Waals surface area (Å²) in [5.74, 6) is -1.82. The maximum atomic E-state index is 14.2. The summed E-state index contributed by atoms with van der Waals surface area (Å²) in [4.78, 5) is 45.4. The van der Waals surface area contributed by atoms with Crippen LogP contribution in [0.15, 0.2) is 24.3 Å². The number of ether oxygens (including phenoxy) is 1. The van der Waals surface area contributed by atoms with E-state index in [1.54, 1.807) is 16.7 Å². The number of hydrogen-bond donors (Lipinski definition) is 1. The zero-order valence-corrected chi connectivity index (χ0v) is 22.1. The van der Waals surface area contributed by atoms with Crippen molar-refractivity contribution in [2.24, 2.45) is 11.8 Å². The third kappa shape index (κ3) is 4.57. The predicted octanol–water partition coefficient (Wildman–Crippen LogP) is 3.32. The van der Waals surface area contributed by atoms with Crippen molar-refractivity contribution >= 4 is 29.5 Å². The maximum Gasteiger partial charge on any atom is 0.311 e. The Morgan fingerprint density at radius 2 is 1.94 bits per heavy atom. The number of esters is 1. The second kappa shape index (κ2) is 10.7. The molecule has 8 heteroatoms. The number of allylic oxidation sites excluding steroid dienone is 1. The Balaban J connectivity index is 1.81. The number of cyclic esters (lactones) is 1. The van der Waals surface area contributed by atoms with Gasteiger partial charge in [-0.2, -0.15) is 0 Å². The largest absolute Gasteiger partial charge is 0.465 e. The zero-order valence-electron chi connectivity index (χ0n) is 21.3. The third-order valence-electron chi connectivity index (χ3n) is 8.08. The van der Waals surface area contributed by atoms with Gasteiger partial charge in [0, 0.05) is 30.5 Å². The number of aliphatic hydroxyl groups excluding tert-OH is 1. The van der Waals surface area contributed by atoms with Gasteiger partial charge in [0.2, 0.25) is 11.8 Å². The number of amides is 2. The lowest BCUT2D eigenvalue weighted by Gasteiger charge is -2.38. The molecule has 0 aliphatic carbocycles. The van der Waals surface area contributed by atoms with Crippen LogP contribution in [0.1, 0.15) is 65.7 Å². The molecule has 2 unspecified atom stereocenters. The number of unbranched alkanes of at least 4 members (excludes halogenated alkanes) is 1. The minimum atomic E-state index is -0.828. The highest BCUT2D eigenvalue weighted by molar-refractivity contribution is 8.02. The molecule has 1 spiro atoms. The number of fused-ring (bicyclic) bond motifs is 2. The number of rotatable bonds is 7. The summed E-state index contributed by atoms with van der Waals surface area (Å²) in [6, 6.07) is -0.606. The summed E-state index contributed by atoms with van der Waals surface area (Å²) < 4.78 is 4.24. The maximum absolute atomic E-state index is 14.2. The van der Waals surface area contributed by atoms with E-state index in [0.717, 1.165) is 32.1 Å². The van der Waals surface area contributed by atoms with Crippen molar-refractivity contribution in [2.75, 3.05) is 26.3 Å². The van der Waals surface area contributed by atoms with Gasteiger partial charge in [-0.15, -0.1) is 11.8 Å². The fourth-order valence-electron chi connectivity index (χ4n) is 6.42. The lowest BCUT2D eigenvalue weighted by molar-refractivity contribution is -0.154. The normalized spacial score (nSPS) is 36.8. The van der Waals surface area contributed by atoms with Crippen molar-refractivity contribution in [3.63, 3.8) is 0 Å². The Morgan fingerprint density at radius 1 is 1.14 bits per heavy atom. The quantitative estimate of drug-likeness (QED) is 0.325. The average molecular weight is 505 g/mol. The first-order valence-corrected chi connectivity index (χ1v) is 14.1. The second-order valence-electron chi connectivity index (χ2n) is 10.6. The number of hydrogen-bond acceptors (Lipinski definition) is 6. The fraction of sp³-hybridized carbons (Fsp3) is 0.741. The van der Waals surface area contributed by atoms with Crippen molar-refractivity contribution in [1.82, 2.24) is 9.80 Å². The Kier molecular flexibility index (Phi) is 8.01. The Morgan fingerprint density at radius 3 is 2.69 bits per heavy atom. The molecule has 0 aromatic carbocycles. The van der Waals surface area contributed by atoms with Gasteiger partial charge in [-0.25, -0.2) is 0 Å². The SMILES string of the molecule is CCCC(C)N1CC=C[C@]23S[C@]4(C)/C=C\CCCCOC(=O)[C@@H]4[C@H]2C(=O)N(CCCCO)C3C1=O. The first kappa shape index (κ1) is 26.3. The summed E-state index contributed by atoms with van der Waals surface area (Å²) in [5, 5.41) is 9.34. The van der Waals surface area contributed by atoms with Gasteiger partial charge in [0.15, 0.2) is 0 Å². The van der Waals surface area contributed by atoms with Crippen molar-refractivity contribution < 1.29 is 24.2 Å². The van der Waals surface area contributed by atoms with E-state index < -0.39 is 27.4 Å². The van der Waals surface area contributed by atoms with E-state index in [1.165, 1.54) is 0 Å². The van der Waals surface area contributed by atoms with Crippen molar-refractivity contribution in [3.05, 3.63) is 24.3 Å². The molecule has 4 aliphatic rings. The van der Waals surface area contributed by atoms with Crippen LogP contribution < -0.4 is 0 Å². The van der Waals surface area contributed by atoms with Gasteiger partial charge in [-0.05, 0) is 52.4 Å². The van der Waals surface area contributed by atoms with Crippen LogP contribution in [-0.2, 0) is 19.1 Å². The molecule has 4 rings (SSSR count). The molecule has 0 radical (unpaired) electrons. The topological polar surface area (TPSA) is 87.2 Å². The molecule has 0 aromatic rings. The highest BCUT2D eigenvalue weighted by Crippen LogP contribution is 2.65. The summed E-state index contributed by atoms with van der Waals surface area (Å²) >= 11 is 1.60. The highest BCUT2D eigenvalue weighted by atomic mass is 32.2. The van der Waals surface area contributed by atoms with Gasteiger partial charge in [-0.1, -0.05) is 37.6 Å². The second-order valence-corrected chi connectivity index (χ2v) is 12.3. The van der Waals surface area contributed by atoms with E-state index in [9.17, 15) is 19.5 Å². The molecule has 0 aromatic heterocycles. The van der Waals surface area contributed by atoms with Crippen LogP contribution in [-0.4, -0.2) is 80.6 Å². The molecule has 4 heterocycles. The van der Waals surface area contributed by atoms with Crippen LogP contribution in [0.5, 0.6) is 0 Å². The highest BCUT2D eigenvalue weighted by Gasteiger charge is 2.73. The molecular formula is C27H40N2O5S. The van der Waals surface area contributed by atoms with Gasteiger partial charge < -0.3 is 19.6 Å². The van der Waals surface area contributed by atoms with Crippen LogP contribution in [0.2, 0.25) is 0 Å². The van der Waals surface area contributed by atoms with Gasteiger partial charge >= 0.3 is 5.97 Å². The molecule has 0 saturated carbocycles. The van der Waals surface area contributed by atoms with E-state index in [4.69, 9.17) is 4.74 Å². The van der Waals surface area contributed by atoms with E-state index in [2.05, 4.69) is 32.1 Å². The Hall–Kier alpha value is -1.80. The van der Waals surface area contributed by atoms with E-state index in [0.29, 0.717) is 32.5 Å². The molecule has 2 amide bonds. The summed E-state index contributed by atoms with van der Waals surface area (Å²) in [5.41, 5.74) is 0. The first-order valence-electron chi connectivity index (χ1n) is 13.2. The third-order valence-corrected chi connectivity index (χ3v) is 9.87. The van der Waals surface area contributed by atoms with Gasteiger partial charge in [0.25, 0.3) is 0 Å². The molecular weight excluding hydrogens is 464 g/mol. The van der Waals surface area contributed by atoms with Crippen LogP contribution in [0, 0.1) is 11.8 Å². The van der Waals surface area contributed by atoms with E-state index in [1.807, 2.05) is 17.9 Å². The van der Waals surface area contributed by atoms with Crippen molar-refractivity contribution in [3.8, 4) is 0 Å². The number of aliphatic hydroxyl groups is 1. The summed E-state index contributed by atoms with van der Waals surface area (Å²) in [6.07, 6.45) is 14.0. The summed E-state index contributed by atoms with van der Waals surface area (Å²) in [7, 11) is 0. The van der Waals surface area contributed by atoms with Gasteiger partial charge in [-0.3, -0.25) is 14.4 Å². The lowest BCUT2D eigenvalue weighted by Crippen LogP contribution is -2.55. The molecule has 1 N–H and O–H groups in total. The smallest absolute Gasteiger partial charge is 0.311 e. The molecule has 194 valence electrons. The number of thioether (sulfide) groups is 1. The summed E-state index contributed by atoms with van der Waals surface area (Å²) in [6.45, 7) is 7.51. The Bertz CT molecular complexity index is 891. The molecule has 2 saturated heterocycles. The molecule has 0 bridgehead atoms. The number of carbonyl (C=O) groups excluding carboxylic acids is 3. The molecule has 2 fully saturated rings. The number of carbonyl (C=O) groups is 3. The minimum absolute atomic E-state index is 0.0343. The molecule has 6 atom stereocenters. The van der Waals surface area contributed by atoms with Crippen molar-refractivity contribution in [2.45, 2.75) is 87.3 Å². The first-order chi connectivity index (χ1) is 16.8. The van der Waals surface area contributed by atoms with Gasteiger partial charge in [0.1, 0.15) is 6.04 Å². The average Bonchev–Trinajstić information content (AvgIpc) is 3.14. The Labute approximate surface area is 213 Å². The van der Waals surface area contributed by atoms with Gasteiger partial charge in [0.05, 0.1) is 23.2 Å². The minimum Gasteiger partial charge on any atom is -0.465 e. The number of likely N-dealkylation sites (tertiary alicyclic amines) is 1. The standard InChI is InChI=1S/C27H40N2O5S/c1-4-12-19(2)28-16-11-14-27-20(23(31)29(15-8-9-17-30)22(27)24(28)32)21-25(33)34-18-10-6-5-7-13-26(21,3)35-27/h7,11,13-14,19-22,30H,4-6,8-10,12,15-18H2,1-3H3/b13-7-/t19?,20-,21-,22?,26+,27-/m0/s1. The van der Waals surface area contributed by atoms with Crippen LogP contribution >= 0.6 is 11.8 Å². The molecule has 35 heavy (non-hydrogen) atoms. The zero-order chi connectivity index (χ0) is 25.2. The number of nitrogens with zero attached hydrogens (tertiary/aromatic N) is 2. The van der Waals surface area contributed by atoms with E-state index in [-0.39, 0.29) is 30.4 Å². The monoisotopic (exact) mass is 504 g/mol. The molecule has 4 aliphatic heterocycles. The van der Waals surface area contributed by atoms with Crippen LogP contribution in [0.25, 0.3) is 0 Å². The predicted molar refractivity (Wildman–Crippen MR) is 137 cm³/mol. The molecule has 7 nitrogen and oxygen atoms in total. The van der Waals surface area contributed by atoms with Crippen molar-refractivity contribution in [1.29, 1.82) is 0 Å². The lowest BCUT2D eigenvalue weighted by atomic mass is 9.74. The van der Waals surface area contributed by atoms with Crippen LogP contribution in [0.4, 0.5) is 0 Å².